The van der Waals surface area contributed by atoms with Gasteiger partial charge in [0.05, 0.1) is 28.9 Å². The molecule has 1 heterocycles. The average Bonchev–Trinajstić information content (AvgIpc) is 2.79. The molecule has 0 radical (unpaired) electrons. The number of methoxy groups -OCH3 is 1. The number of carbonyl (C=O) groups excluding carboxylic acids is 1. The number of ether oxygens (including phenoxy) is 1. The predicted octanol–water partition coefficient (Wildman–Crippen LogP) is 4.81. The first-order chi connectivity index (χ1) is 15.2. The van der Waals surface area contributed by atoms with Crippen molar-refractivity contribution in [3.8, 4) is 5.75 Å². The fourth-order valence-corrected chi connectivity index (χ4v) is 5.75. The maximum absolute atomic E-state index is 12.8. The molecule has 1 aliphatic rings. The van der Waals surface area contributed by atoms with Crippen LogP contribution in [-0.2, 0) is 20.6 Å². The van der Waals surface area contributed by atoms with Crippen molar-refractivity contribution >= 4 is 39.1 Å². The molecular weight excluding hydrogens is 471 g/mol. The van der Waals surface area contributed by atoms with E-state index < -0.39 is 10.0 Å². The number of piperidine rings is 1. The number of sulfonamides is 1. The second-order valence-electron chi connectivity index (χ2n) is 7.92. The van der Waals surface area contributed by atoms with Gasteiger partial charge in [0.1, 0.15) is 5.75 Å². The summed E-state index contributed by atoms with van der Waals surface area (Å²) in [6, 6.07) is 12.4. The minimum Gasteiger partial charge on any atom is -0.497 e. The van der Waals surface area contributed by atoms with E-state index in [1.54, 1.807) is 25.3 Å². The van der Waals surface area contributed by atoms with E-state index >= 15 is 0 Å². The van der Waals surface area contributed by atoms with E-state index in [0.29, 0.717) is 41.5 Å². The molecule has 1 saturated heterocycles. The van der Waals surface area contributed by atoms with Crippen LogP contribution in [0, 0.1) is 5.92 Å². The van der Waals surface area contributed by atoms with Crippen LogP contribution < -0.4 is 10.1 Å². The van der Waals surface area contributed by atoms with Crippen LogP contribution in [0.2, 0.25) is 10.0 Å². The van der Waals surface area contributed by atoms with Crippen LogP contribution in [0.3, 0.4) is 0 Å². The number of nitrogens with zero attached hydrogens (tertiary/aromatic N) is 1. The maximum atomic E-state index is 12.8. The topological polar surface area (TPSA) is 75.7 Å². The highest BCUT2D eigenvalue weighted by molar-refractivity contribution is 7.88. The van der Waals surface area contributed by atoms with Crippen molar-refractivity contribution in [3.05, 3.63) is 63.6 Å². The summed E-state index contributed by atoms with van der Waals surface area (Å²) < 4.78 is 32.3. The Morgan fingerprint density at radius 1 is 1.12 bits per heavy atom. The highest BCUT2D eigenvalue weighted by Crippen LogP contribution is 2.27. The van der Waals surface area contributed by atoms with Crippen LogP contribution in [0.1, 0.15) is 43.4 Å². The van der Waals surface area contributed by atoms with Crippen LogP contribution in [0.15, 0.2) is 42.5 Å². The molecule has 32 heavy (non-hydrogen) atoms. The number of benzene rings is 2. The van der Waals surface area contributed by atoms with Crippen molar-refractivity contribution in [2.75, 3.05) is 20.2 Å². The van der Waals surface area contributed by atoms with E-state index in [1.807, 2.05) is 31.2 Å². The lowest BCUT2D eigenvalue weighted by molar-refractivity contribution is -0.126. The molecule has 1 amide bonds. The third-order valence-electron chi connectivity index (χ3n) is 5.79. The first-order valence-corrected chi connectivity index (χ1v) is 13.0. The summed E-state index contributed by atoms with van der Waals surface area (Å²) in [6.45, 7) is 2.66. The summed E-state index contributed by atoms with van der Waals surface area (Å²) in [5, 5.41) is 3.84. The second kappa shape index (κ2) is 10.9. The van der Waals surface area contributed by atoms with Gasteiger partial charge in [-0.05, 0) is 54.7 Å². The van der Waals surface area contributed by atoms with Crippen LogP contribution >= 0.6 is 23.2 Å². The Kier molecular flexibility index (Phi) is 8.44. The van der Waals surface area contributed by atoms with E-state index in [4.69, 9.17) is 27.9 Å². The van der Waals surface area contributed by atoms with Crippen molar-refractivity contribution in [2.45, 2.75) is 38.0 Å². The van der Waals surface area contributed by atoms with Gasteiger partial charge in [0.2, 0.25) is 15.9 Å². The van der Waals surface area contributed by atoms with Crippen molar-refractivity contribution in [1.82, 2.24) is 9.62 Å². The fourth-order valence-electron chi connectivity index (χ4n) is 3.87. The molecule has 3 rings (SSSR count). The van der Waals surface area contributed by atoms with Gasteiger partial charge in [-0.3, -0.25) is 4.79 Å². The van der Waals surface area contributed by atoms with Gasteiger partial charge < -0.3 is 10.1 Å². The zero-order valence-electron chi connectivity index (χ0n) is 18.2. The van der Waals surface area contributed by atoms with Crippen molar-refractivity contribution in [3.63, 3.8) is 0 Å². The van der Waals surface area contributed by atoms with Crippen LogP contribution in [0.25, 0.3) is 0 Å². The predicted molar refractivity (Wildman–Crippen MR) is 128 cm³/mol. The van der Waals surface area contributed by atoms with Gasteiger partial charge in [0, 0.05) is 19.0 Å². The van der Waals surface area contributed by atoms with Crippen molar-refractivity contribution < 1.29 is 17.9 Å². The SMILES string of the molecule is CC[C@@H](NC(=O)C1CCN(S(=O)(=O)Cc2ccc(Cl)c(Cl)c2)CC1)c1ccc(OC)cc1. The highest BCUT2D eigenvalue weighted by Gasteiger charge is 2.32. The summed E-state index contributed by atoms with van der Waals surface area (Å²) in [4.78, 5) is 12.8. The molecule has 0 spiro atoms. The molecule has 1 fully saturated rings. The molecule has 6 nitrogen and oxygen atoms in total. The molecule has 1 atom stereocenters. The quantitative estimate of drug-likeness (QED) is 0.566. The zero-order chi connectivity index (χ0) is 23.3. The third kappa shape index (κ3) is 6.16. The van der Waals surface area contributed by atoms with E-state index in [-0.39, 0.29) is 23.6 Å². The van der Waals surface area contributed by atoms with Gasteiger partial charge in [-0.15, -0.1) is 0 Å². The number of hydrogen-bond acceptors (Lipinski definition) is 4. The molecule has 0 bridgehead atoms. The summed E-state index contributed by atoms with van der Waals surface area (Å²) in [5.41, 5.74) is 1.60. The number of amides is 1. The Balaban J connectivity index is 1.56. The lowest BCUT2D eigenvalue weighted by Crippen LogP contribution is -2.44. The van der Waals surface area contributed by atoms with E-state index in [0.717, 1.165) is 17.7 Å². The minimum atomic E-state index is -3.50. The second-order valence-corrected chi connectivity index (χ2v) is 10.7. The molecule has 0 unspecified atom stereocenters. The lowest BCUT2D eigenvalue weighted by atomic mass is 9.95. The molecule has 0 aliphatic carbocycles. The van der Waals surface area contributed by atoms with Gasteiger partial charge in [-0.2, -0.15) is 0 Å². The molecule has 0 saturated carbocycles. The number of nitrogens with one attached hydrogen (secondary N) is 1. The maximum Gasteiger partial charge on any atom is 0.223 e. The van der Waals surface area contributed by atoms with Gasteiger partial charge >= 0.3 is 0 Å². The standard InChI is InChI=1S/C23H28Cl2N2O4S/c1-3-22(17-5-7-19(31-2)8-6-17)26-23(28)18-10-12-27(13-11-18)32(29,30)15-16-4-9-20(24)21(25)14-16/h4-9,14,18,22H,3,10-13,15H2,1-2H3,(H,26,28)/t22-/m1/s1. The van der Waals surface area contributed by atoms with E-state index in [2.05, 4.69) is 5.32 Å². The van der Waals surface area contributed by atoms with Gasteiger partial charge in [0.15, 0.2) is 0 Å². The van der Waals surface area contributed by atoms with Crippen molar-refractivity contribution in [1.29, 1.82) is 0 Å². The number of halogens is 2. The van der Waals surface area contributed by atoms with Gasteiger partial charge in [-0.1, -0.05) is 48.3 Å². The minimum absolute atomic E-state index is 0.0331. The normalized spacial score (nSPS) is 16.5. The Labute approximate surface area is 199 Å². The zero-order valence-corrected chi connectivity index (χ0v) is 20.5. The lowest BCUT2D eigenvalue weighted by Gasteiger charge is -2.31. The molecule has 1 aliphatic heterocycles. The molecular formula is C23H28Cl2N2O4S. The van der Waals surface area contributed by atoms with Crippen LogP contribution in [-0.4, -0.2) is 38.8 Å². The summed E-state index contributed by atoms with van der Waals surface area (Å²) in [7, 11) is -1.89. The van der Waals surface area contributed by atoms with Crippen LogP contribution in [0.4, 0.5) is 0 Å². The van der Waals surface area contributed by atoms with Gasteiger partial charge in [0.25, 0.3) is 0 Å². The first-order valence-electron chi connectivity index (χ1n) is 10.6. The monoisotopic (exact) mass is 498 g/mol. The smallest absolute Gasteiger partial charge is 0.223 e. The highest BCUT2D eigenvalue weighted by atomic mass is 35.5. The summed E-state index contributed by atoms with van der Waals surface area (Å²) in [5.74, 6) is 0.383. The van der Waals surface area contributed by atoms with E-state index in [9.17, 15) is 13.2 Å². The molecule has 174 valence electrons. The first kappa shape index (κ1) is 24.8. The molecule has 2 aromatic carbocycles. The molecule has 1 N–H and O–H groups in total. The number of carbonyl (C=O) groups is 1. The average molecular weight is 499 g/mol. The molecule has 0 aromatic heterocycles. The number of rotatable bonds is 8. The Morgan fingerprint density at radius 2 is 1.78 bits per heavy atom. The van der Waals surface area contributed by atoms with E-state index in [1.165, 1.54) is 4.31 Å². The Hall–Kier alpha value is -1.80. The Bertz CT molecular complexity index is 1040. The third-order valence-corrected chi connectivity index (χ3v) is 8.38. The number of hydrogen-bond donors (Lipinski definition) is 1. The summed E-state index contributed by atoms with van der Waals surface area (Å²) in [6.07, 6.45) is 1.74. The van der Waals surface area contributed by atoms with Gasteiger partial charge in [-0.25, -0.2) is 12.7 Å². The van der Waals surface area contributed by atoms with Crippen LogP contribution in [0.5, 0.6) is 5.75 Å². The molecule has 2 aromatic rings. The Morgan fingerprint density at radius 3 is 2.34 bits per heavy atom. The summed E-state index contributed by atoms with van der Waals surface area (Å²) >= 11 is 11.9. The largest absolute Gasteiger partial charge is 0.497 e. The van der Waals surface area contributed by atoms with Crippen molar-refractivity contribution in [2.24, 2.45) is 5.92 Å². The molecule has 9 heteroatoms. The fraction of sp³-hybridized carbons (Fsp3) is 0.435.